The van der Waals surface area contributed by atoms with E-state index >= 15 is 0 Å². The molecule has 2 heterocycles. The molecule has 0 aliphatic carbocycles. The molecule has 0 saturated carbocycles. The summed E-state index contributed by atoms with van der Waals surface area (Å²) in [6.45, 7) is 7.61. The highest BCUT2D eigenvalue weighted by Gasteiger charge is 2.36. The SMILES string of the molecule is Cc1nc2ccc(Cl)cc2cc1C(=O)N1CSCC1C(=O)NC(C)(C)C. The minimum Gasteiger partial charge on any atom is -0.350 e. The predicted molar refractivity (Wildman–Crippen MR) is 107 cm³/mol. The number of carbonyl (C=O) groups is 2. The lowest BCUT2D eigenvalue weighted by atomic mass is 10.1. The molecule has 1 fully saturated rings. The zero-order chi connectivity index (χ0) is 19.1. The molecule has 2 amide bonds. The molecule has 1 unspecified atom stereocenters. The lowest BCUT2D eigenvalue weighted by Crippen LogP contribution is -2.52. The Labute approximate surface area is 162 Å². The number of aryl methyl sites for hydroxylation is 1. The highest BCUT2D eigenvalue weighted by molar-refractivity contribution is 7.99. The number of halogens is 1. The van der Waals surface area contributed by atoms with Crippen LogP contribution in [0.2, 0.25) is 5.02 Å². The molecule has 1 aromatic heterocycles. The maximum Gasteiger partial charge on any atom is 0.257 e. The van der Waals surface area contributed by atoms with Crippen molar-refractivity contribution in [2.45, 2.75) is 39.3 Å². The topological polar surface area (TPSA) is 62.3 Å². The van der Waals surface area contributed by atoms with Crippen LogP contribution in [0.3, 0.4) is 0 Å². The normalized spacial score (nSPS) is 17.6. The standard InChI is InChI=1S/C19H22ClN3O2S/c1-11-14(8-12-7-13(20)5-6-15(12)21-11)18(25)23-10-26-9-16(23)17(24)22-19(2,3)4/h5-8,16H,9-10H2,1-4H3,(H,22,24). The van der Waals surface area contributed by atoms with Gasteiger partial charge in [-0.3, -0.25) is 14.6 Å². The zero-order valence-electron chi connectivity index (χ0n) is 15.3. The number of amides is 2. The summed E-state index contributed by atoms with van der Waals surface area (Å²) in [6.07, 6.45) is 0. The van der Waals surface area contributed by atoms with Gasteiger partial charge in [0.15, 0.2) is 0 Å². The Kier molecular flexibility index (Phi) is 5.17. The van der Waals surface area contributed by atoms with Gasteiger partial charge in [0.2, 0.25) is 5.91 Å². The zero-order valence-corrected chi connectivity index (χ0v) is 16.9. The van der Waals surface area contributed by atoms with Crippen molar-refractivity contribution < 1.29 is 9.59 Å². The number of carbonyl (C=O) groups excluding carboxylic acids is 2. The van der Waals surface area contributed by atoms with Crippen LogP contribution in [0.1, 0.15) is 36.8 Å². The third-order valence-corrected chi connectivity index (χ3v) is 5.39. The van der Waals surface area contributed by atoms with Crippen LogP contribution in [0, 0.1) is 6.92 Å². The monoisotopic (exact) mass is 391 g/mol. The van der Waals surface area contributed by atoms with Gasteiger partial charge in [0.05, 0.1) is 22.7 Å². The largest absolute Gasteiger partial charge is 0.350 e. The van der Waals surface area contributed by atoms with Crippen LogP contribution in [0.4, 0.5) is 0 Å². The molecule has 1 atom stereocenters. The summed E-state index contributed by atoms with van der Waals surface area (Å²) in [4.78, 5) is 31.9. The van der Waals surface area contributed by atoms with Crippen molar-refractivity contribution in [1.82, 2.24) is 15.2 Å². The fraction of sp³-hybridized carbons (Fsp3) is 0.421. The van der Waals surface area contributed by atoms with Gasteiger partial charge >= 0.3 is 0 Å². The van der Waals surface area contributed by atoms with E-state index in [4.69, 9.17) is 11.6 Å². The Morgan fingerprint density at radius 2 is 2.04 bits per heavy atom. The minimum atomic E-state index is -0.471. The molecule has 0 spiro atoms. The summed E-state index contributed by atoms with van der Waals surface area (Å²) in [5.41, 5.74) is 1.62. The van der Waals surface area contributed by atoms with Crippen LogP contribution in [0.25, 0.3) is 10.9 Å². The molecule has 7 heteroatoms. The predicted octanol–water partition coefficient (Wildman–Crippen LogP) is 3.63. The third kappa shape index (κ3) is 3.96. The van der Waals surface area contributed by atoms with E-state index in [0.717, 1.165) is 10.9 Å². The highest BCUT2D eigenvalue weighted by Crippen LogP contribution is 2.27. The first kappa shape index (κ1) is 19.0. The number of hydrogen-bond acceptors (Lipinski definition) is 4. The number of hydrogen-bond donors (Lipinski definition) is 1. The molecule has 5 nitrogen and oxygen atoms in total. The highest BCUT2D eigenvalue weighted by atomic mass is 35.5. The molecular weight excluding hydrogens is 370 g/mol. The van der Waals surface area contributed by atoms with E-state index in [9.17, 15) is 9.59 Å². The average Bonchev–Trinajstić information content (AvgIpc) is 3.02. The summed E-state index contributed by atoms with van der Waals surface area (Å²) in [6, 6.07) is 6.75. The first-order chi connectivity index (χ1) is 12.2. The number of benzene rings is 1. The van der Waals surface area contributed by atoms with Gasteiger partial charge in [-0.25, -0.2) is 0 Å². The van der Waals surface area contributed by atoms with Gasteiger partial charge in [0.25, 0.3) is 5.91 Å². The van der Waals surface area contributed by atoms with E-state index in [1.54, 1.807) is 28.8 Å². The first-order valence-electron chi connectivity index (χ1n) is 8.43. The van der Waals surface area contributed by atoms with Crippen LogP contribution in [0.15, 0.2) is 24.3 Å². The van der Waals surface area contributed by atoms with Crippen molar-refractivity contribution in [3.63, 3.8) is 0 Å². The van der Waals surface area contributed by atoms with Crippen molar-refractivity contribution >= 4 is 46.1 Å². The van der Waals surface area contributed by atoms with Gasteiger partial charge in [-0.2, -0.15) is 0 Å². The molecule has 0 bridgehead atoms. The van der Waals surface area contributed by atoms with Crippen molar-refractivity contribution in [1.29, 1.82) is 0 Å². The molecule has 1 aliphatic heterocycles. The molecule has 3 rings (SSSR count). The maximum atomic E-state index is 13.1. The molecular formula is C19H22ClN3O2S. The van der Waals surface area contributed by atoms with Crippen molar-refractivity contribution in [3.05, 3.63) is 40.5 Å². The number of nitrogens with one attached hydrogen (secondary N) is 1. The van der Waals surface area contributed by atoms with Crippen molar-refractivity contribution in [3.8, 4) is 0 Å². The van der Waals surface area contributed by atoms with E-state index in [1.807, 2.05) is 39.8 Å². The summed E-state index contributed by atoms with van der Waals surface area (Å²) < 4.78 is 0. The average molecular weight is 392 g/mol. The molecule has 2 aromatic rings. The lowest BCUT2D eigenvalue weighted by molar-refractivity contribution is -0.125. The Bertz CT molecular complexity index is 879. The van der Waals surface area contributed by atoms with Gasteiger partial charge in [-0.1, -0.05) is 11.6 Å². The van der Waals surface area contributed by atoms with Gasteiger partial charge in [-0.15, -0.1) is 11.8 Å². The molecule has 0 radical (unpaired) electrons. The molecule has 1 N–H and O–H groups in total. The van der Waals surface area contributed by atoms with Crippen molar-refractivity contribution in [2.24, 2.45) is 0 Å². The molecule has 138 valence electrons. The van der Waals surface area contributed by atoms with Gasteiger partial charge in [0, 0.05) is 21.7 Å². The second kappa shape index (κ2) is 7.08. The van der Waals surface area contributed by atoms with Crippen LogP contribution >= 0.6 is 23.4 Å². The number of nitrogens with zero attached hydrogens (tertiary/aromatic N) is 2. The fourth-order valence-electron chi connectivity index (χ4n) is 2.93. The number of aromatic nitrogens is 1. The van der Waals surface area contributed by atoms with Crippen LogP contribution < -0.4 is 5.32 Å². The Morgan fingerprint density at radius 1 is 1.31 bits per heavy atom. The number of fused-ring (bicyclic) bond motifs is 1. The summed E-state index contributed by atoms with van der Waals surface area (Å²) in [7, 11) is 0. The quantitative estimate of drug-likeness (QED) is 0.849. The number of thioether (sulfide) groups is 1. The first-order valence-corrected chi connectivity index (χ1v) is 9.96. The molecule has 1 saturated heterocycles. The van der Waals surface area contributed by atoms with Gasteiger partial charge in [-0.05, 0) is 52.0 Å². The van der Waals surface area contributed by atoms with E-state index in [2.05, 4.69) is 10.3 Å². The smallest absolute Gasteiger partial charge is 0.257 e. The number of rotatable bonds is 2. The van der Waals surface area contributed by atoms with Crippen molar-refractivity contribution in [2.75, 3.05) is 11.6 Å². The Morgan fingerprint density at radius 3 is 2.73 bits per heavy atom. The Balaban J connectivity index is 1.91. The van der Waals surface area contributed by atoms with E-state index in [0.29, 0.717) is 27.9 Å². The second-order valence-corrected chi connectivity index (χ2v) is 8.92. The van der Waals surface area contributed by atoms with Crippen LogP contribution in [-0.4, -0.2) is 44.9 Å². The van der Waals surface area contributed by atoms with E-state index < -0.39 is 6.04 Å². The van der Waals surface area contributed by atoms with E-state index in [1.165, 1.54) is 0 Å². The van der Waals surface area contributed by atoms with Gasteiger partial charge < -0.3 is 10.2 Å². The minimum absolute atomic E-state index is 0.120. The van der Waals surface area contributed by atoms with E-state index in [-0.39, 0.29) is 17.4 Å². The third-order valence-electron chi connectivity index (χ3n) is 4.14. The Hall–Kier alpha value is -1.79. The maximum absolute atomic E-state index is 13.1. The fourth-order valence-corrected chi connectivity index (χ4v) is 4.26. The van der Waals surface area contributed by atoms with Gasteiger partial charge in [0.1, 0.15) is 6.04 Å². The summed E-state index contributed by atoms with van der Waals surface area (Å²) in [5.74, 6) is 0.800. The number of pyridine rings is 1. The summed E-state index contributed by atoms with van der Waals surface area (Å²) in [5, 5.41) is 4.38. The van der Waals surface area contributed by atoms with Crippen LogP contribution in [-0.2, 0) is 4.79 Å². The lowest BCUT2D eigenvalue weighted by Gasteiger charge is -2.28. The molecule has 1 aromatic carbocycles. The summed E-state index contributed by atoms with van der Waals surface area (Å²) >= 11 is 7.65. The van der Waals surface area contributed by atoms with Crippen LogP contribution in [0.5, 0.6) is 0 Å². The molecule has 1 aliphatic rings. The second-order valence-electron chi connectivity index (χ2n) is 7.49. The molecule has 26 heavy (non-hydrogen) atoms.